The second kappa shape index (κ2) is 4.73. The molecule has 0 unspecified atom stereocenters. The number of nitrogens with one attached hydrogen (secondary N) is 1. The summed E-state index contributed by atoms with van der Waals surface area (Å²) in [4.78, 5) is 14.7. The van der Waals surface area contributed by atoms with Crippen LogP contribution in [0.4, 0.5) is 11.4 Å². The lowest BCUT2D eigenvalue weighted by molar-refractivity contribution is -0.384. The van der Waals surface area contributed by atoms with Gasteiger partial charge in [-0.2, -0.15) is 0 Å². The van der Waals surface area contributed by atoms with Gasteiger partial charge in [-0.25, -0.2) is 4.98 Å². The molecule has 1 aliphatic heterocycles. The zero-order chi connectivity index (χ0) is 13.2. The van der Waals surface area contributed by atoms with Crippen LogP contribution in [0.1, 0.15) is 5.01 Å². The Bertz CT molecular complexity index is 615. The number of aromatic nitrogens is 1. The lowest BCUT2D eigenvalue weighted by Crippen LogP contribution is -2.02. The maximum absolute atomic E-state index is 11.0. The van der Waals surface area contributed by atoms with Gasteiger partial charge in [0, 0.05) is 17.6 Å². The molecule has 0 aliphatic carbocycles. The van der Waals surface area contributed by atoms with Gasteiger partial charge in [-0.05, 0) is 0 Å². The number of anilines is 1. The molecule has 98 valence electrons. The van der Waals surface area contributed by atoms with Crippen molar-refractivity contribution in [3.8, 4) is 11.5 Å². The van der Waals surface area contributed by atoms with Gasteiger partial charge in [-0.15, -0.1) is 11.3 Å². The van der Waals surface area contributed by atoms with Gasteiger partial charge in [0.1, 0.15) is 10.7 Å². The van der Waals surface area contributed by atoms with Crippen molar-refractivity contribution >= 4 is 22.7 Å². The molecule has 1 aromatic carbocycles. The third-order valence-electron chi connectivity index (χ3n) is 2.60. The van der Waals surface area contributed by atoms with Gasteiger partial charge in [0.05, 0.1) is 17.5 Å². The highest BCUT2D eigenvalue weighted by Gasteiger charge is 2.23. The van der Waals surface area contributed by atoms with Gasteiger partial charge in [-0.1, -0.05) is 0 Å². The van der Waals surface area contributed by atoms with Gasteiger partial charge in [0.25, 0.3) is 5.69 Å². The van der Waals surface area contributed by atoms with Gasteiger partial charge in [-0.3, -0.25) is 10.1 Å². The number of fused-ring (bicyclic) bond motifs is 1. The Balaban J connectivity index is 1.88. The minimum Gasteiger partial charge on any atom is -0.454 e. The Hall–Kier alpha value is -2.35. The van der Waals surface area contributed by atoms with Crippen LogP contribution in [0.2, 0.25) is 0 Å². The van der Waals surface area contributed by atoms with E-state index in [1.54, 1.807) is 12.3 Å². The number of rotatable bonds is 4. The molecular formula is C11H9N3O4S. The van der Waals surface area contributed by atoms with Crippen molar-refractivity contribution in [2.24, 2.45) is 0 Å². The van der Waals surface area contributed by atoms with Crippen molar-refractivity contribution in [3.05, 3.63) is 38.8 Å². The summed E-state index contributed by atoms with van der Waals surface area (Å²) in [6, 6.07) is 2.95. The molecule has 19 heavy (non-hydrogen) atoms. The maximum atomic E-state index is 11.0. The SMILES string of the molecule is O=[N+]([O-])c1cc2c(cc1NCc1nccs1)OCO2. The summed E-state index contributed by atoms with van der Waals surface area (Å²) in [5.74, 6) is 0.902. The second-order valence-corrected chi connectivity index (χ2v) is 4.74. The van der Waals surface area contributed by atoms with Crippen molar-refractivity contribution in [1.29, 1.82) is 0 Å². The predicted octanol–water partition coefficient (Wildman–Crippen LogP) is 2.39. The van der Waals surface area contributed by atoms with Crippen LogP contribution >= 0.6 is 11.3 Å². The summed E-state index contributed by atoms with van der Waals surface area (Å²) in [6.07, 6.45) is 1.69. The zero-order valence-corrected chi connectivity index (χ0v) is 10.5. The Morgan fingerprint density at radius 3 is 2.89 bits per heavy atom. The Morgan fingerprint density at radius 2 is 2.21 bits per heavy atom. The van der Waals surface area contributed by atoms with E-state index in [4.69, 9.17) is 9.47 Å². The molecule has 7 nitrogen and oxygen atoms in total. The molecule has 1 aromatic heterocycles. The van der Waals surface area contributed by atoms with Gasteiger partial charge < -0.3 is 14.8 Å². The van der Waals surface area contributed by atoms with E-state index < -0.39 is 4.92 Å². The maximum Gasteiger partial charge on any atom is 0.296 e. The summed E-state index contributed by atoms with van der Waals surface area (Å²) in [5.41, 5.74) is 0.352. The monoisotopic (exact) mass is 279 g/mol. The Kier molecular flexibility index (Phi) is 2.92. The van der Waals surface area contributed by atoms with Crippen molar-refractivity contribution in [2.75, 3.05) is 12.1 Å². The van der Waals surface area contributed by atoms with Crippen LogP contribution in [0.3, 0.4) is 0 Å². The first-order valence-electron chi connectivity index (χ1n) is 5.44. The molecule has 0 bridgehead atoms. The summed E-state index contributed by atoms with van der Waals surface area (Å²) in [7, 11) is 0. The normalized spacial score (nSPS) is 12.4. The Labute approximate surface area is 112 Å². The number of thiazole rings is 1. The summed E-state index contributed by atoms with van der Waals surface area (Å²) >= 11 is 1.48. The fourth-order valence-electron chi connectivity index (χ4n) is 1.73. The molecule has 2 heterocycles. The van der Waals surface area contributed by atoms with Crippen LogP contribution in [0.25, 0.3) is 0 Å². The molecule has 2 aromatic rings. The molecule has 0 spiro atoms. The lowest BCUT2D eigenvalue weighted by atomic mass is 10.2. The lowest BCUT2D eigenvalue weighted by Gasteiger charge is -2.06. The molecule has 0 radical (unpaired) electrons. The molecule has 1 aliphatic rings. The minimum absolute atomic E-state index is 0.0409. The van der Waals surface area contributed by atoms with Crippen LogP contribution in [0, 0.1) is 10.1 Å². The average Bonchev–Trinajstić information content (AvgIpc) is 3.05. The van der Waals surface area contributed by atoms with E-state index in [9.17, 15) is 10.1 Å². The van der Waals surface area contributed by atoms with E-state index in [1.807, 2.05) is 5.38 Å². The van der Waals surface area contributed by atoms with Crippen LogP contribution in [-0.4, -0.2) is 16.7 Å². The third kappa shape index (κ3) is 2.29. The summed E-state index contributed by atoms with van der Waals surface area (Å²) in [5, 5.41) is 16.7. The number of nitro groups is 1. The quantitative estimate of drug-likeness (QED) is 0.683. The molecule has 1 N–H and O–H groups in total. The molecule has 0 saturated carbocycles. The zero-order valence-electron chi connectivity index (χ0n) is 9.66. The topological polar surface area (TPSA) is 86.5 Å². The number of ether oxygens (including phenoxy) is 2. The molecule has 0 amide bonds. The first-order chi connectivity index (χ1) is 9.24. The van der Waals surface area contributed by atoms with Crippen LogP contribution in [-0.2, 0) is 6.54 Å². The standard InChI is InChI=1S/C11H9N3O4S/c15-14(16)8-4-10-9(17-6-18-10)3-7(8)13-5-11-12-1-2-19-11/h1-4,13H,5-6H2. The molecule has 0 fully saturated rings. The summed E-state index contributed by atoms with van der Waals surface area (Å²) < 4.78 is 10.3. The molecule has 8 heteroatoms. The molecule has 0 saturated heterocycles. The van der Waals surface area contributed by atoms with Crippen LogP contribution in [0.15, 0.2) is 23.7 Å². The first kappa shape index (κ1) is 11.7. The highest BCUT2D eigenvalue weighted by molar-refractivity contribution is 7.09. The number of hydrogen-bond acceptors (Lipinski definition) is 7. The molecule has 3 rings (SSSR count). The van der Waals surface area contributed by atoms with Crippen LogP contribution in [0.5, 0.6) is 11.5 Å². The predicted molar refractivity (Wildman–Crippen MR) is 68.7 cm³/mol. The van der Waals surface area contributed by atoms with E-state index >= 15 is 0 Å². The largest absolute Gasteiger partial charge is 0.454 e. The number of nitro benzene ring substituents is 1. The van der Waals surface area contributed by atoms with Crippen LogP contribution < -0.4 is 14.8 Å². The second-order valence-electron chi connectivity index (χ2n) is 3.76. The molecular weight excluding hydrogens is 270 g/mol. The van der Waals surface area contributed by atoms with Gasteiger partial charge >= 0.3 is 0 Å². The summed E-state index contributed by atoms with van der Waals surface area (Å²) in [6.45, 7) is 0.514. The number of nitrogens with zero attached hydrogens (tertiary/aromatic N) is 2. The van der Waals surface area contributed by atoms with Crippen molar-refractivity contribution in [3.63, 3.8) is 0 Å². The van der Waals surface area contributed by atoms with Gasteiger partial charge in [0.15, 0.2) is 11.5 Å². The van der Waals surface area contributed by atoms with E-state index in [2.05, 4.69) is 10.3 Å². The van der Waals surface area contributed by atoms with Crippen molar-refractivity contribution in [1.82, 2.24) is 4.98 Å². The first-order valence-corrected chi connectivity index (χ1v) is 6.32. The smallest absolute Gasteiger partial charge is 0.296 e. The molecule has 0 atom stereocenters. The highest BCUT2D eigenvalue weighted by atomic mass is 32.1. The number of benzene rings is 1. The van der Waals surface area contributed by atoms with E-state index in [-0.39, 0.29) is 12.5 Å². The average molecular weight is 279 g/mol. The fourth-order valence-corrected chi connectivity index (χ4v) is 2.29. The number of hydrogen-bond donors (Lipinski definition) is 1. The van der Waals surface area contributed by atoms with E-state index in [1.165, 1.54) is 17.4 Å². The third-order valence-corrected chi connectivity index (χ3v) is 3.38. The van der Waals surface area contributed by atoms with E-state index in [0.29, 0.717) is 23.7 Å². The minimum atomic E-state index is -0.452. The fraction of sp³-hybridized carbons (Fsp3) is 0.182. The Morgan fingerprint density at radius 1 is 1.42 bits per heavy atom. The van der Waals surface area contributed by atoms with Gasteiger partial charge in [0.2, 0.25) is 6.79 Å². The highest BCUT2D eigenvalue weighted by Crippen LogP contribution is 2.40. The van der Waals surface area contributed by atoms with E-state index in [0.717, 1.165) is 5.01 Å². The van der Waals surface area contributed by atoms with Crippen molar-refractivity contribution in [2.45, 2.75) is 6.54 Å². The van der Waals surface area contributed by atoms with Crippen molar-refractivity contribution < 1.29 is 14.4 Å².